The fraction of sp³-hybridized carbons (Fsp3) is 0.167. The molecule has 35 heavy (non-hydrogen) atoms. The van der Waals surface area contributed by atoms with Crippen LogP contribution >= 0.6 is 11.6 Å². The molecule has 0 fully saturated rings. The largest absolute Gasteiger partial charge is 0.361 e. The Morgan fingerprint density at radius 2 is 1.86 bits per heavy atom. The van der Waals surface area contributed by atoms with E-state index in [1.807, 2.05) is 0 Å². The van der Waals surface area contributed by atoms with Crippen molar-refractivity contribution in [3.63, 3.8) is 0 Å². The van der Waals surface area contributed by atoms with Crippen LogP contribution in [0.3, 0.4) is 0 Å². The summed E-state index contributed by atoms with van der Waals surface area (Å²) in [6.45, 7) is 4.79. The summed E-state index contributed by atoms with van der Waals surface area (Å²) in [4.78, 5) is 37.1. The predicted octanol–water partition coefficient (Wildman–Crippen LogP) is 4.89. The van der Waals surface area contributed by atoms with Crippen LogP contribution in [0.5, 0.6) is 0 Å². The van der Waals surface area contributed by atoms with Crippen LogP contribution in [0.1, 0.15) is 49.1 Å². The minimum atomic E-state index is -0.614. The molecule has 0 radical (unpaired) electrons. The molecule has 0 saturated heterocycles. The zero-order valence-electron chi connectivity index (χ0n) is 19.0. The van der Waals surface area contributed by atoms with E-state index >= 15 is 0 Å². The number of aromatic nitrogens is 3. The number of carbonyl (C=O) groups is 2. The molecule has 10 nitrogen and oxygen atoms in total. The third kappa shape index (κ3) is 4.69. The zero-order chi connectivity index (χ0) is 25.3. The molecule has 178 valence electrons. The van der Waals surface area contributed by atoms with Crippen molar-refractivity contribution in [2.24, 2.45) is 0 Å². The van der Waals surface area contributed by atoms with E-state index in [-0.39, 0.29) is 40.7 Å². The summed E-state index contributed by atoms with van der Waals surface area (Å²) in [5.41, 5.74) is 1.81. The molecule has 0 aliphatic heterocycles. The van der Waals surface area contributed by atoms with Gasteiger partial charge in [-0.2, -0.15) is 5.10 Å². The monoisotopic (exact) mass is 493 g/mol. The molecule has 0 aliphatic rings. The molecule has 0 bridgehead atoms. The van der Waals surface area contributed by atoms with Gasteiger partial charge in [-0.1, -0.05) is 47.1 Å². The summed E-state index contributed by atoms with van der Waals surface area (Å²) in [7, 11) is 0. The molecule has 11 heteroatoms. The Morgan fingerprint density at radius 1 is 1.14 bits per heavy atom. The molecular weight excluding hydrogens is 474 g/mol. The number of nitro groups is 1. The highest BCUT2D eigenvalue weighted by Crippen LogP contribution is 2.27. The van der Waals surface area contributed by atoms with Crippen molar-refractivity contribution >= 4 is 34.7 Å². The van der Waals surface area contributed by atoms with E-state index in [1.165, 1.54) is 16.8 Å². The van der Waals surface area contributed by atoms with Crippen LogP contribution in [0.2, 0.25) is 5.02 Å². The Bertz CT molecular complexity index is 1460. The topological polar surface area (TPSA) is 133 Å². The van der Waals surface area contributed by atoms with E-state index in [0.29, 0.717) is 27.6 Å². The standard InChI is InChI=1S/C24H20ClN5O5/c1-13-22(30(33)34)14(2)29(27-13)12-19-15(3)35-28-21(19)24(32)26-20-10-9-17(25)11-18(20)23(31)16-7-5-4-6-8-16/h4-11H,12H2,1-3H3,(H,26,32). The fourth-order valence-electron chi connectivity index (χ4n) is 3.75. The number of nitrogens with zero attached hydrogens (tertiary/aromatic N) is 4. The Hall–Kier alpha value is -4.31. The number of aryl methyl sites for hydroxylation is 2. The number of carbonyl (C=O) groups excluding carboxylic acids is 2. The van der Waals surface area contributed by atoms with E-state index < -0.39 is 10.8 Å². The summed E-state index contributed by atoms with van der Waals surface area (Å²) < 4.78 is 6.67. The van der Waals surface area contributed by atoms with Gasteiger partial charge in [0.05, 0.1) is 17.2 Å². The van der Waals surface area contributed by atoms with E-state index in [1.54, 1.807) is 57.2 Å². The van der Waals surface area contributed by atoms with Crippen molar-refractivity contribution in [3.05, 3.63) is 103 Å². The van der Waals surface area contributed by atoms with Crippen molar-refractivity contribution in [3.8, 4) is 0 Å². The van der Waals surface area contributed by atoms with E-state index in [0.717, 1.165) is 0 Å². The highest BCUT2D eigenvalue weighted by molar-refractivity contribution is 6.31. The lowest BCUT2D eigenvalue weighted by atomic mass is 10.0. The number of hydrogen-bond acceptors (Lipinski definition) is 7. The van der Waals surface area contributed by atoms with Crippen molar-refractivity contribution in [1.82, 2.24) is 14.9 Å². The second kappa shape index (κ2) is 9.51. The van der Waals surface area contributed by atoms with Crippen molar-refractivity contribution in [2.75, 3.05) is 5.32 Å². The van der Waals surface area contributed by atoms with E-state index in [9.17, 15) is 19.7 Å². The first kappa shape index (κ1) is 23.8. The number of hydrogen-bond donors (Lipinski definition) is 1. The molecule has 2 heterocycles. The Kier molecular flexibility index (Phi) is 6.48. The van der Waals surface area contributed by atoms with E-state index in [4.69, 9.17) is 16.1 Å². The molecule has 1 amide bonds. The van der Waals surface area contributed by atoms with Gasteiger partial charge in [-0.05, 0) is 39.0 Å². The van der Waals surface area contributed by atoms with Crippen molar-refractivity contribution < 1.29 is 19.0 Å². The number of nitrogens with one attached hydrogen (secondary N) is 1. The number of anilines is 1. The van der Waals surface area contributed by atoms with Gasteiger partial charge in [0, 0.05) is 21.7 Å². The highest BCUT2D eigenvalue weighted by atomic mass is 35.5. The van der Waals surface area contributed by atoms with Gasteiger partial charge in [-0.3, -0.25) is 24.4 Å². The lowest BCUT2D eigenvalue weighted by Crippen LogP contribution is -2.18. The first-order chi connectivity index (χ1) is 16.7. The summed E-state index contributed by atoms with van der Waals surface area (Å²) in [5.74, 6) is -0.561. The summed E-state index contributed by atoms with van der Waals surface area (Å²) >= 11 is 6.12. The zero-order valence-corrected chi connectivity index (χ0v) is 19.8. The van der Waals surface area contributed by atoms with Gasteiger partial charge in [-0.25, -0.2) is 0 Å². The maximum atomic E-state index is 13.2. The van der Waals surface area contributed by atoms with E-state index in [2.05, 4.69) is 15.6 Å². The molecule has 2 aromatic carbocycles. The average molecular weight is 494 g/mol. The first-order valence-electron chi connectivity index (χ1n) is 10.5. The van der Waals surface area contributed by atoms with Crippen LogP contribution < -0.4 is 5.32 Å². The van der Waals surface area contributed by atoms with Crippen molar-refractivity contribution in [1.29, 1.82) is 0 Å². The lowest BCUT2D eigenvalue weighted by molar-refractivity contribution is -0.386. The van der Waals surface area contributed by atoms with Crippen LogP contribution in [-0.4, -0.2) is 31.6 Å². The Balaban J connectivity index is 1.65. The van der Waals surface area contributed by atoms with Crippen LogP contribution in [-0.2, 0) is 6.54 Å². The quantitative estimate of drug-likeness (QED) is 0.220. The van der Waals surface area contributed by atoms with Crippen LogP contribution in [0, 0.1) is 30.9 Å². The number of ketones is 1. The number of halogens is 1. The molecule has 0 unspecified atom stereocenters. The highest BCUT2D eigenvalue weighted by Gasteiger charge is 2.26. The minimum Gasteiger partial charge on any atom is -0.361 e. The summed E-state index contributed by atoms with van der Waals surface area (Å²) in [5, 5.41) is 22.5. The molecule has 0 atom stereocenters. The lowest BCUT2D eigenvalue weighted by Gasteiger charge is -2.11. The second-order valence-electron chi connectivity index (χ2n) is 7.84. The predicted molar refractivity (Wildman–Crippen MR) is 128 cm³/mol. The number of amides is 1. The summed E-state index contributed by atoms with van der Waals surface area (Å²) in [6, 6.07) is 13.2. The smallest absolute Gasteiger partial charge is 0.312 e. The maximum Gasteiger partial charge on any atom is 0.312 e. The summed E-state index contributed by atoms with van der Waals surface area (Å²) in [6.07, 6.45) is 0. The normalized spacial score (nSPS) is 10.9. The average Bonchev–Trinajstić information content (AvgIpc) is 3.33. The van der Waals surface area contributed by atoms with Gasteiger partial charge in [0.25, 0.3) is 5.91 Å². The molecule has 1 N–H and O–H groups in total. The van der Waals surface area contributed by atoms with Gasteiger partial charge >= 0.3 is 5.69 Å². The van der Waals surface area contributed by atoms with Gasteiger partial charge in [0.15, 0.2) is 11.5 Å². The first-order valence-corrected chi connectivity index (χ1v) is 10.9. The van der Waals surface area contributed by atoms with Gasteiger partial charge < -0.3 is 9.84 Å². The fourth-order valence-corrected chi connectivity index (χ4v) is 3.92. The molecule has 0 aliphatic carbocycles. The molecule has 4 rings (SSSR count). The van der Waals surface area contributed by atoms with Gasteiger partial charge in [0.1, 0.15) is 17.1 Å². The molecule has 0 saturated carbocycles. The van der Waals surface area contributed by atoms with Crippen molar-refractivity contribution in [2.45, 2.75) is 27.3 Å². The minimum absolute atomic E-state index is 0.0224. The Labute approximate surface area is 204 Å². The second-order valence-corrected chi connectivity index (χ2v) is 8.28. The third-order valence-electron chi connectivity index (χ3n) is 5.54. The molecular formula is C24H20ClN5O5. The third-order valence-corrected chi connectivity index (χ3v) is 5.78. The Morgan fingerprint density at radius 3 is 2.51 bits per heavy atom. The number of benzene rings is 2. The molecule has 4 aromatic rings. The molecule has 0 spiro atoms. The van der Waals surface area contributed by atoms with Crippen LogP contribution in [0.25, 0.3) is 0 Å². The SMILES string of the molecule is Cc1nn(Cc2c(C(=O)Nc3ccc(Cl)cc3C(=O)c3ccccc3)noc2C)c(C)c1[N+](=O)[O-]. The molecule has 2 aromatic heterocycles. The van der Waals surface area contributed by atoms with Gasteiger partial charge in [0.2, 0.25) is 0 Å². The number of rotatable bonds is 7. The van der Waals surface area contributed by atoms with Crippen LogP contribution in [0.4, 0.5) is 11.4 Å². The van der Waals surface area contributed by atoms with Gasteiger partial charge in [-0.15, -0.1) is 0 Å². The van der Waals surface area contributed by atoms with Crippen LogP contribution in [0.15, 0.2) is 53.1 Å². The maximum absolute atomic E-state index is 13.2.